The molecular formula is C22H28N2O3. The third-order valence-electron chi connectivity index (χ3n) is 5.50. The maximum atomic E-state index is 13.1. The van der Waals surface area contributed by atoms with Crippen molar-refractivity contribution >= 4 is 5.91 Å². The molecular weight excluding hydrogens is 340 g/mol. The highest BCUT2D eigenvalue weighted by Crippen LogP contribution is 2.30. The summed E-state index contributed by atoms with van der Waals surface area (Å²) in [7, 11) is 0. The second-order valence-electron chi connectivity index (χ2n) is 7.54. The minimum atomic E-state index is -0.280. The molecule has 0 radical (unpaired) electrons. The predicted molar refractivity (Wildman–Crippen MR) is 106 cm³/mol. The molecule has 0 aliphatic heterocycles. The number of carbonyl (C=O) groups is 1. The second kappa shape index (κ2) is 8.53. The molecule has 0 spiro atoms. The van der Waals surface area contributed by atoms with Gasteiger partial charge in [-0.3, -0.25) is 9.59 Å². The van der Waals surface area contributed by atoms with E-state index in [1.54, 1.807) is 27.8 Å². The van der Waals surface area contributed by atoms with Gasteiger partial charge in [0.2, 0.25) is 0 Å². The van der Waals surface area contributed by atoms with Crippen LogP contribution >= 0.6 is 0 Å². The van der Waals surface area contributed by atoms with E-state index >= 15 is 0 Å². The first-order valence-electron chi connectivity index (χ1n) is 9.68. The van der Waals surface area contributed by atoms with E-state index in [2.05, 4.69) is 6.92 Å². The van der Waals surface area contributed by atoms with Gasteiger partial charge in [-0.25, -0.2) is 0 Å². The molecule has 0 saturated heterocycles. The van der Waals surface area contributed by atoms with Crippen LogP contribution in [0.3, 0.4) is 0 Å². The summed E-state index contributed by atoms with van der Waals surface area (Å²) >= 11 is 0. The Morgan fingerprint density at radius 1 is 1.26 bits per heavy atom. The number of aliphatic hydroxyl groups excluding tert-OH is 1. The van der Waals surface area contributed by atoms with Gasteiger partial charge in [0, 0.05) is 18.8 Å². The molecule has 1 saturated carbocycles. The maximum absolute atomic E-state index is 13.1. The van der Waals surface area contributed by atoms with Gasteiger partial charge in [-0.05, 0) is 43.4 Å². The topological polar surface area (TPSA) is 62.5 Å². The van der Waals surface area contributed by atoms with Gasteiger partial charge in [-0.15, -0.1) is 0 Å². The maximum Gasteiger partial charge on any atom is 0.263 e. The fourth-order valence-corrected chi connectivity index (χ4v) is 4.10. The number of nitrogens with zero attached hydrogens (tertiary/aromatic N) is 2. The largest absolute Gasteiger partial charge is 0.395 e. The Hall–Kier alpha value is -2.40. The molecule has 3 rings (SSSR count). The molecule has 5 nitrogen and oxygen atoms in total. The highest BCUT2D eigenvalue weighted by Gasteiger charge is 2.33. The number of hydrogen-bond donors (Lipinski definition) is 1. The third-order valence-corrected chi connectivity index (χ3v) is 5.50. The molecule has 1 aliphatic rings. The van der Waals surface area contributed by atoms with Crippen LogP contribution in [-0.2, 0) is 6.54 Å². The van der Waals surface area contributed by atoms with E-state index in [0.29, 0.717) is 12.5 Å². The summed E-state index contributed by atoms with van der Waals surface area (Å²) in [5.74, 6) is 0.116. The fourth-order valence-electron chi connectivity index (χ4n) is 4.10. The average molecular weight is 368 g/mol. The van der Waals surface area contributed by atoms with E-state index in [0.717, 1.165) is 30.4 Å². The van der Waals surface area contributed by atoms with Crippen molar-refractivity contribution in [2.24, 2.45) is 5.92 Å². The molecule has 2 aromatic rings. The third kappa shape index (κ3) is 4.30. The molecule has 144 valence electrons. The SMILES string of the molecule is Cc1cccc(Cn2cccc(C(=O)N(CCO)[C@@H]3CCC[C@H]3C)c2=O)c1. The Morgan fingerprint density at radius 2 is 2.07 bits per heavy atom. The molecule has 1 aliphatic carbocycles. The molecule has 1 heterocycles. The number of benzene rings is 1. The molecule has 1 fully saturated rings. The summed E-state index contributed by atoms with van der Waals surface area (Å²) in [6.45, 7) is 4.75. The molecule has 0 unspecified atom stereocenters. The van der Waals surface area contributed by atoms with Crippen molar-refractivity contribution in [3.8, 4) is 0 Å². The van der Waals surface area contributed by atoms with Crippen LogP contribution in [-0.4, -0.2) is 39.7 Å². The first kappa shape index (κ1) is 19.4. The van der Waals surface area contributed by atoms with E-state index < -0.39 is 0 Å². The van der Waals surface area contributed by atoms with Crippen molar-refractivity contribution in [2.75, 3.05) is 13.2 Å². The smallest absolute Gasteiger partial charge is 0.263 e. The average Bonchev–Trinajstić information content (AvgIpc) is 3.07. The van der Waals surface area contributed by atoms with Crippen LogP contribution < -0.4 is 5.56 Å². The fraction of sp³-hybridized carbons (Fsp3) is 0.455. The number of rotatable bonds is 6. The van der Waals surface area contributed by atoms with Gasteiger partial charge in [0.15, 0.2) is 0 Å². The lowest BCUT2D eigenvalue weighted by molar-refractivity contribution is 0.0592. The Balaban J connectivity index is 1.89. The van der Waals surface area contributed by atoms with E-state index in [1.807, 2.05) is 31.2 Å². The number of aliphatic hydroxyl groups is 1. The molecule has 0 bridgehead atoms. The summed E-state index contributed by atoms with van der Waals surface area (Å²) in [4.78, 5) is 27.8. The highest BCUT2D eigenvalue weighted by molar-refractivity contribution is 5.94. The van der Waals surface area contributed by atoms with Crippen molar-refractivity contribution in [2.45, 2.75) is 45.7 Å². The van der Waals surface area contributed by atoms with Crippen LogP contribution in [0.5, 0.6) is 0 Å². The van der Waals surface area contributed by atoms with E-state index in [-0.39, 0.29) is 36.2 Å². The van der Waals surface area contributed by atoms with Crippen molar-refractivity contribution < 1.29 is 9.90 Å². The van der Waals surface area contributed by atoms with E-state index in [1.165, 1.54) is 0 Å². The van der Waals surface area contributed by atoms with Crippen LogP contribution in [0.1, 0.15) is 47.7 Å². The van der Waals surface area contributed by atoms with E-state index in [9.17, 15) is 14.7 Å². The number of aryl methyl sites for hydroxylation is 1. The normalized spacial score (nSPS) is 19.2. The molecule has 1 amide bonds. The van der Waals surface area contributed by atoms with Gasteiger partial charge in [-0.2, -0.15) is 0 Å². The zero-order valence-electron chi connectivity index (χ0n) is 16.1. The van der Waals surface area contributed by atoms with Crippen LogP contribution in [0.4, 0.5) is 0 Å². The van der Waals surface area contributed by atoms with Gasteiger partial charge >= 0.3 is 0 Å². The van der Waals surface area contributed by atoms with Crippen LogP contribution in [0.15, 0.2) is 47.4 Å². The molecule has 1 aromatic carbocycles. The Kier molecular flexibility index (Phi) is 6.11. The minimum Gasteiger partial charge on any atom is -0.395 e. The lowest BCUT2D eigenvalue weighted by atomic mass is 10.0. The Morgan fingerprint density at radius 3 is 2.74 bits per heavy atom. The summed E-state index contributed by atoms with van der Waals surface area (Å²) in [6, 6.07) is 11.4. The van der Waals surface area contributed by atoms with Crippen molar-refractivity contribution in [1.82, 2.24) is 9.47 Å². The van der Waals surface area contributed by atoms with Gasteiger partial charge in [0.1, 0.15) is 5.56 Å². The standard InChI is InChI=1S/C22H28N2O3/c1-16-6-3-8-18(14-16)15-23-11-5-9-19(21(23)26)22(27)24(12-13-25)20-10-4-7-17(20)2/h3,5-6,8-9,11,14,17,20,25H,4,7,10,12-13,15H2,1-2H3/t17-,20-/m1/s1. The number of pyridine rings is 1. The molecule has 27 heavy (non-hydrogen) atoms. The molecule has 2 atom stereocenters. The van der Waals surface area contributed by atoms with Gasteiger partial charge in [0.25, 0.3) is 11.5 Å². The highest BCUT2D eigenvalue weighted by atomic mass is 16.3. The monoisotopic (exact) mass is 368 g/mol. The first-order chi connectivity index (χ1) is 13.0. The van der Waals surface area contributed by atoms with Crippen molar-refractivity contribution in [3.05, 3.63) is 69.6 Å². The summed E-state index contributed by atoms with van der Waals surface area (Å²) in [5.41, 5.74) is 2.06. The minimum absolute atomic E-state index is 0.0921. The number of amides is 1. The second-order valence-corrected chi connectivity index (χ2v) is 7.54. The quantitative estimate of drug-likeness (QED) is 0.853. The lowest BCUT2D eigenvalue weighted by Crippen LogP contribution is -2.45. The number of carbonyl (C=O) groups excluding carboxylic acids is 1. The number of aromatic nitrogens is 1. The molecule has 1 aromatic heterocycles. The van der Waals surface area contributed by atoms with Gasteiger partial charge in [0.05, 0.1) is 13.2 Å². The first-order valence-corrected chi connectivity index (χ1v) is 9.68. The number of hydrogen-bond acceptors (Lipinski definition) is 3. The lowest BCUT2D eigenvalue weighted by Gasteiger charge is -2.31. The zero-order chi connectivity index (χ0) is 19.4. The van der Waals surface area contributed by atoms with Crippen LogP contribution in [0.2, 0.25) is 0 Å². The van der Waals surface area contributed by atoms with Gasteiger partial charge < -0.3 is 14.6 Å². The Bertz CT molecular complexity index is 859. The zero-order valence-corrected chi connectivity index (χ0v) is 16.1. The van der Waals surface area contributed by atoms with Crippen LogP contribution in [0, 0.1) is 12.8 Å². The summed E-state index contributed by atoms with van der Waals surface area (Å²) in [6.07, 6.45) is 4.80. The molecule has 1 N–H and O–H groups in total. The summed E-state index contributed by atoms with van der Waals surface area (Å²) in [5, 5.41) is 9.45. The predicted octanol–water partition coefficient (Wildman–Crippen LogP) is 2.83. The molecule has 5 heteroatoms. The van der Waals surface area contributed by atoms with Crippen molar-refractivity contribution in [1.29, 1.82) is 0 Å². The van der Waals surface area contributed by atoms with Crippen molar-refractivity contribution in [3.63, 3.8) is 0 Å². The Labute approximate surface area is 160 Å². The van der Waals surface area contributed by atoms with Gasteiger partial charge in [-0.1, -0.05) is 43.2 Å². The van der Waals surface area contributed by atoms with Crippen LogP contribution in [0.25, 0.3) is 0 Å². The summed E-state index contributed by atoms with van der Waals surface area (Å²) < 4.78 is 1.58. The van der Waals surface area contributed by atoms with E-state index in [4.69, 9.17) is 0 Å².